The molecule has 3 heteroatoms. The second-order valence-corrected chi connectivity index (χ2v) is 5.66. The lowest BCUT2D eigenvalue weighted by atomic mass is 10.1. The first kappa shape index (κ1) is 15.9. The average Bonchev–Trinajstić information content (AvgIpc) is 2.35. The number of nitrogens with one attached hydrogen (secondary N) is 1. The highest BCUT2D eigenvalue weighted by Gasteiger charge is 2.24. The molecular formula is C15H32N2O. The average molecular weight is 256 g/mol. The van der Waals surface area contributed by atoms with Gasteiger partial charge in [-0.25, -0.2) is 0 Å². The smallest absolute Gasteiger partial charge is 0.0674 e. The molecule has 1 saturated heterocycles. The molecule has 18 heavy (non-hydrogen) atoms. The van der Waals surface area contributed by atoms with E-state index in [-0.39, 0.29) is 0 Å². The summed E-state index contributed by atoms with van der Waals surface area (Å²) in [6.45, 7) is 13.3. The van der Waals surface area contributed by atoms with Crippen LogP contribution in [0.25, 0.3) is 0 Å². The minimum atomic E-state index is 0.411. The number of nitrogens with zero attached hydrogens (tertiary/aromatic N) is 1. The van der Waals surface area contributed by atoms with E-state index in [9.17, 15) is 0 Å². The van der Waals surface area contributed by atoms with Gasteiger partial charge in [0.25, 0.3) is 0 Å². The Hall–Kier alpha value is -0.120. The van der Waals surface area contributed by atoms with Crippen molar-refractivity contribution in [3.8, 4) is 0 Å². The number of rotatable bonds is 8. The maximum atomic E-state index is 5.74. The summed E-state index contributed by atoms with van der Waals surface area (Å²) in [7, 11) is 0. The summed E-state index contributed by atoms with van der Waals surface area (Å²) >= 11 is 0. The van der Waals surface area contributed by atoms with Crippen LogP contribution in [0.1, 0.15) is 53.4 Å². The Morgan fingerprint density at radius 3 is 2.78 bits per heavy atom. The van der Waals surface area contributed by atoms with Crippen molar-refractivity contribution in [2.75, 3.05) is 26.2 Å². The Morgan fingerprint density at radius 2 is 2.11 bits per heavy atom. The van der Waals surface area contributed by atoms with Crippen molar-refractivity contribution < 1.29 is 4.74 Å². The van der Waals surface area contributed by atoms with Crippen LogP contribution in [0, 0.1) is 0 Å². The molecule has 3 unspecified atom stereocenters. The van der Waals surface area contributed by atoms with Crippen LogP contribution < -0.4 is 5.32 Å². The van der Waals surface area contributed by atoms with Gasteiger partial charge in [0.1, 0.15) is 0 Å². The van der Waals surface area contributed by atoms with E-state index in [0.29, 0.717) is 18.2 Å². The monoisotopic (exact) mass is 256 g/mol. The van der Waals surface area contributed by atoms with E-state index in [2.05, 4.69) is 37.9 Å². The summed E-state index contributed by atoms with van der Waals surface area (Å²) in [5, 5.41) is 3.48. The summed E-state index contributed by atoms with van der Waals surface area (Å²) in [6, 6.07) is 1.31. The lowest BCUT2D eigenvalue weighted by molar-refractivity contribution is -0.0561. The van der Waals surface area contributed by atoms with E-state index < -0.39 is 0 Å². The van der Waals surface area contributed by atoms with E-state index in [4.69, 9.17) is 4.74 Å². The molecule has 0 saturated carbocycles. The van der Waals surface area contributed by atoms with Crippen molar-refractivity contribution in [3.63, 3.8) is 0 Å². The molecule has 0 amide bonds. The van der Waals surface area contributed by atoms with Crippen LogP contribution in [0.5, 0.6) is 0 Å². The van der Waals surface area contributed by atoms with Gasteiger partial charge in [0, 0.05) is 18.6 Å². The maximum absolute atomic E-state index is 5.74. The molecule has 108 valence electrons. The van der Waals surface area contributed by atoms with Gasteiger partial charge in [0.05, 0.1) is 12.7 Å². The van der Waals surface area contributed by atoms with Crippen molar-refractivity contribution >= 4 is 0 Å². The minimum absolute atomic E-state index is 0.411. The van der Waals surface area contributed by atoms with Gasteiger partial charge < -0.3 is 10.1 Å². The van der Waals surface area contributed by atoms with Crippen molar-refractivity contribution in [2.45, 2.75) is 71.6 Å². The van der Waals surface area contributed by atoms with Gasteiger partial charge in [-0.1, -0.05) is 20.3 Å². The molecule has 3 atom stereocenters. The molecule has 0 aromatic rings. The van der Waals surface area contributed by atoms with Gasteiger partial charge in [-0.3, -0.25) is 4.90 Å². The molecule has 0 aliphatic carbocycles. The van der Waals surface area contributed by atoms with Gasteiger partial charge in [-0.15, -0.1) is 0 Å². The predicted molar refractivity (Wildman–Crippen MR) is 78.1 cm³/mol. The summed E-state index contributed by atoms with van der Waals surface area (Å²) in [6.07, 6.45) is 5.56. The Kier molecular flexibility index (Phi) is 7.87. The van der Waals surface area contributed by atoms with Gasteiger partial charge in [-0.05, 0) is 46.2 Å². The normalized spacial score (nSPS) is 27.3. The first-order valence-corrected chi connectivity index (χ1v) is 7.76. The molecule has 1 heterocycles. The molecule has 1 fully saturated rings. The van der Waals surface area contributed by atoms with Gasteiger partial charge in [-0.2, -0.15) is 0 Å². The van der Waals surface area contributed by atoms with Crippen molar-refractivity contribution in [3.05, 3.63) is 0 Å². The van der Waals surface area contributed by atoms with E-state index in [0.717, 1.165) is 19.7 Å². The molecule has 0 aromatic heterocycles. The molecule has 1 aliphatic heterocycles. The summed E-state index contributed by atoms with van der Waals surface area (Å²) in [5.74, 6) is 0. The SMILES string of the molecule is CCNC(C)CCCCN1CC(C)OCC1CC. The van der Waals surface area contributed by atoms with Crippen LogP contribution in [0.4, 0.5) is 0 Å². The maximum Gasteiger partial charge on any atom is 0.0674 e. The number of unbranched alkanes of at least 4 members (excludes halogenated alkanes) is 1. The van der Waals surface area contributed by atoms with Gasteiger partial charge in [0.15, 0.2) is 0 Å². The Labute approximate surface area is 113 Å². The van der Waals surface area contributed by atoms with Crippen molar-refractivity contribution in [1.29, 1.82) is 0 Å². The summed E-state index contributed by atoms with van der Waals surface area (Å²) < 4.78 is 5.74. The zero-order valence-corrected chi connectivity index (χ0v) is 12.7. The zero-order valence-electron chi connectivity index (χ0n) is 12.7. The second kappa shape index (κ2) is 8.89. The number of hydrogen-bond acceptors (Lipinski definition) is 3. The molecule has 1 aliphatic rings. The molecule has 1 N–H and O–H groups in total. The third-order valence-corrected chi connectivity index (χ3v) is 3.94. The van der Waals surface area contributed by atoms with E-state index in [1.54, 1.807) is 0 Å². The zero-order chi connectivity index (χ0) is 13.4. The summed E-state index contributed by atoms with van der Waals surface area (Å²) in [5.41, 5.74) is 0. The van der Waals surface area contributed by atoms with Crippen LogP contribution in [-0.4, -0.2) is 49.3 Å². The van der Waals surface area contributed by atoms with Crippen LogP contribution in [0.3, 0.4) is 0 Å². The Balaban J connectivity index is 2.16. The first-order chi connectivity index (χ1) is 8.67. The number of ether oxygens (including phenoxy) is 1. The second-order valence-electron chi connectivity index (χ2n) is 5.66. The fraction of sp³-hybridized carbons (Fsp3) is 1.00. The Morgan fingerprint density at radius 1 is 1.33 bits per heavy atom. The molecule has 0 spiro atoms. The minimum Gasteiger partial charge on any atom is -0.376 e. The quantitative estimate of drug-likeness (QED) is 0.676. The first-order valence-electron chi connectivity index (χ1n) is 7.76. The van der Waals surface area contributed by atoms with Crippen molar-refractivity contribution in [2.24, 2.45) is 0 Å². The predicted octanol–water partition coefficient (Wildman–Crippen LogP) is 2.65. The molecule has 1 rings (SSSR count). The topological polar surface area (TPSA) is 24.5 Å². The van der Waals surface area contributed by atoms with Crippen LogP contribution in [0.2, 0.25) is 0 Å². The third-order valence-electron chi connectivity index (χ3n) is 3.94. The van der Waals surface area contributed by atoms with Crippen molar-refractivity contribution in [1.82, 2.24) is 10.2 Å². The fourth-order valence-electron chi connectivity index (χ4n) is 2.78. The molecule has 0 aromatic carbocycles. The van der Waals surface area contributed by atoms with E-state index >= 15 is 0 Å². The van der Waals surface area contributed by atoms with Crippen LogP contribution in [-0.2, 0) is 4.74 Å². The van der Waals surface area contributed by atoms with Crippen LogP contribution >= 0.6 is 0 Å². The van der Waals surface area contributed by atoms with E-state index in [1.807, 2.05) is 0 Å². The molecule has 0 bridgehead atoms. The highest BCUT2D eigenvalue weighted by molar-refractivity contribution is 4.77. The number of morpholine rings is 1. The summed E-state index contributed by atoms with van der Waals surface area (Å²) in [4.78, 5) is 2.63. The lowest BCUT2D eigenvalue weighted by Gasteiger charge is -2.38. The molecule has 3 nitrogen and oxygen atoms in total. The van der Waals surface area contributed by atoms with E-state index in [1.165, 1.54) is 32.2 Å². The van der Waals surface area contributed by atoms with Gasteiger partial charge >= 0.3 is 0 Å². The van der Waals surface area contributed by atoms with Crippen LogP contribution in [0.15, 0.2) is 0 Å². The molecule has 0 radical (unpaired) electrons. The largest absolute Gasteiger partial charge is 0.376 e. The number of hydrogen-bond donors (Lipinski definition) is 1. The fourth-order valence-corrected chi connectivity index (χ4v) is 2.78. The lowest BCUT2D eigenvalue weighted by Crippen LogP contribution is -2.48. The molecular weight excluding hydrogens is 224 g/mol. The highest BCUT2D eigenvalue weighted by atomic mass is 16.5. The van der Waals surface area contributed by atoms with Gasteiger partial charge in [0.2, 0.25) is 0 Å². The highest BCUT2D eigenvalue weighted by Crippen LogP contribution is 2.15. The standard InChI is InChI=1S/C15H32N2O/c1-5-15-12-18-14(4)11-17(15)10-8-7-9-13(3)16-6-2/h13-16H,5-12H2,1-4H3. The third kappa shape index (κ3) is 5.68. The Bertz CT molecular complexity index is 211.